The van der Waals surface area contributed by atoms with E-state index >= 15 is 0 Å². The van der Waals surface area contributed by atoms with Crippen molar-refractivity contribution >= 4 is 41.5 Å². The molecule has 16 heteroatoms. The molecular weight excluding hydrogens is 546 g/mol. The number of phenols is 1. The maximum atomic E-state index is 13.3. The van der Waals surface area contributed by atoms with Crippen molar-refractivity contribution in [1.29, 1.82) is 0 Å². The molecule has 1 aromatic carbocycles. The molecule has 0 spiro atoms. The third-order valence-electron chi connectivity index (χ3n) is 5.51. The highest BCUT2D eigenvalue weighted by molar-refractivity contribution is 5.96. The predicted molar refractivity (Wildman–Crippen MR) is 140 cm³/mol. The van der Waals surface area contributed by atoms with E-state index in [1.54, 1.807) is 13.8 Å². The molecule has 0 aromatic heterocycles. The number of phenolic OH excluding ortho intramolecular Hbond substituents is 1. The standard InChI is InChI=1S/C25H35N5O11/c1-12(2)7-16(29-25(41)18(10-20(34)35)28-22(38)15(26)9-19(32)33)24(40)30-17(23(39)27-11-21(36)37)8-13-3-5-14(31)6-4-13/h3-6,12,15-18,31H,7-11,26H2,1-2H3,(H,27,39)(H,28,38)(H,29,41)(H,30,40)(H,32,33)(H,34,35)(H,36,37)/t15-,16-,17-,18-/m0/s1. The lowest BCUT2D eigenvalue weighted by molar-refractivity contribution is -0.142. The monoisotopic (exact) mass is 581 g/mol. The fraction of sp³-hybridized carbons (Fsp3) is 0.480. The van der Waals surface area contributed by atoms with E-state index in [4.69, 9.17) is 15.9 Å². The maximum absolute atomic E-state index is 13.3. The summed E-state index contributed by atoms with van der Waals surface area (Å²) in [5.41, 5.74) is 5.99. The van der Waals surface area contributed by atoms with Crippen LogP contribution in [-0.4, -0.2) is 92.7 Å². The van der Waals surface area contributed by atoms with Crippen molar-refractivity contribution in [2.45, 2.75) is 63.7 Å². The minimum Gasteiger partial charge on any atom is -0.508 e. The van der Waals surface area contributed by atoms with Crippen molar-refractivity contribution in [3.05, 3.63) is 29.8 Å². The van der Waals surface area contributed by atoms with Gasteiger partial charge in [0.25, 0.3) is 0 Å². The molecule has 0 bridgehead atoms. The third-order valence-corrected chi connectivity index (χ3v) is 5.51. The number of hydrogen-bond acceptors (Lipinski definition) is 9. The van der Waals surface area contributed by atoms with Gasteiger partial charge in [0.1, 0.15) is 30.4 Å². The van der Waals surface area contributed by atoms with Crippen LogP contribution in [0.15, 0.2) is 24.3 Å². The van der Waals surface area contributed by atoms with E-state index in [-0.39, 0.29) is 24.5 Å². The van der Waals surface area contributed by atoms with Gasteiger partial charge in [-0.15, -0.1) is 0 Å². The van der Waals surface area contributed by atoms with Crippen LogP contribution in [0.4, 0.5) is 0 Å². The molecule has 0 aliphatic rings. The molecule has 4 atom stereocenters. The van der Waals surface area contributed by atoms with Gasteiger partial charge in [-0.2, -0.15) is 0 Å². The molecule has 0 unspecified atom stereocenters. The first-order valence-corrected chi connectivity index (χ1v) is 12.5. The van der Waals surface area contributed by atoms with Crippen molar-refractivity contribution in [1.82, 2.24) is 21.3 Å². The second-order valence-electron chi connectivity index (χ2n) is 9.60. The quantitative estimate of drug-likeness (QED) is 0.0958. The molecule has 16 nitrogen and oxygen atoms in total. The van der Waals surface area contributed by atoms with Gasteiger partial charge in [-0.05, 0) is 30.0 Å². The Balaban J connectivity index is 3.16. The van der Waals surface area contributed by atoms with Crippen LogP contribution >= 0.6 is 0 Å². The first kappa shape index (κ1) is 34.3. The number of nitrogens with two attached hydrogens (primary N) is 1. The normalized spacial score (nSPS) is 13.7. The molecule has 0 heterocycles. The average molecular weight is 582 g/mol. The molecule has 226 valence electrons. The summed E-state index contributed by atoms with van der Waals surface area (Å²) in [7, 11) is 0. The summed E-state index contributed by atoms with van der Waals surface area (Å²) in [5.74, 6) is -8.31. The molecule has 41 heavy (non-hydrogen) atoms. The number of carbonyl (C=O) groups excluding carboxylic acids is 4. The summed E-state index contributed by atoms with van der Waals surface area (Å²) in [6, 6.07) is -0.236. The highest BCUT2D eigenvalue weighted by Crippen LogP contribution is 2.13. The van der Waals surface area contributed by atoms with Crippen LogP contribution in [0.25, 0.3) is 0 Å². The minimum absolute atomic E-state index is 0.0204. The Hall–Kier alpha value is -4.73. The van der Waals surface area contributed by atoms with E-state index in [9.17, 15) is 43.8 Å². The lowest BCUT2D eigenvalue weighted by Crippen LogP contribution is -2.58. The van der Waals surface area contributed by atoms with Gasteiger partial charge >= 0.3 is 17.9 Å². The first-order valence-electron chi connectivity index (χ1n) is 12.5. The Bertz CT molecular complexity index is 1120. The van der Waals surface area contributed by atoms with E-state index in [2.05, 4.69) is 21.3 Å². The lowest BCUT2D eigenvalue weighted by Gasteiger charge is -2.26. The Morgan fingerprint density at radius 2 is 1.22 bits per heavy atom. The number of nitrogens with one attached hydrogen (secondary N) is 4. The van der Waals surface area contributed by atoms with E-state index in [1.807, 2.05) is 0 Å². The van der Waals surface area contributed by atoms with E-state index < -0.39 is 85.1 Å². The van der Waals surface area contributed by atoms with Gasteiger partial charge < -0.3 is 47.4 Å². The molecular formula is C25H35N5O11. The highest BCUT2D eigenvalue weighted by atomic mass is 16.4. The molecule has 0 aliphatic carbocycles. The number of aliphatic carboxylic acids is 3. The van der Waals surface area contributed by atoms with Gasteiger partial charge in [0.2, 0.25) is 23.6 Å². The summed E-state index contributed by atoms with van der Waals surface area (Å²) in [5, 5.41) is 45.5. The minimum atomic E-state index is -1.71. The zero-order chi connectivity index (χ0) is 31.3. The third kappa shape index (κ3) is 13.3. The number of benzene rings is 1. The molecule has 0 fully saturated rings. The number of carboxylic acids is 3. The number of hydrogen-bond donors (Lipinski definition) is 9. The van der Waals surface area contributed by atoms with Crippen LogP contribution in [0.3, 0.4) is 0 Å². The second-order valence-corrected chi connectivity index (χ2v) is 9.60. The maximum Gasteiger partial charge on any atom is 0.322 e. The lowest BCUT2D eigenvalue weighted by atomic mass is 10.0. The van der Waals surface area contributed by atoms with Crippen molar-refractivity contribution < 1.29 is 54.0 Å². The van der Waals surface area contributed by atoms with Gasteiger partial charge in [-0.1, -0.05) is 26.0 Å². The van der Waals surface area contributed by atoms with E-state index in [0.29, 0.717) is 5.56 Å². The number of rotatable bonds is 17. The van der Waals surface area contributed by atoms with Crippen LogP contribution < -0.4 is 27.0 Å². The molecule has 0 saturated heterocycles. The summed E-state index contributed by atoms with van der Waals surface area (Å²) in [6.45, 7) is 2.72. The van der Waals surface area contributed by atoms with Crippen molar-refractivity contribution in [3.63, 3.8) is 0 Å². The molecule has 1 rings (SSSR count). The fourth-order valence-corrected chi connectivity index (χ4v) is 3.55. The topological polar surface area (TPSA) is 275 Å². The Morgan fingerprint density at radius 1 is 0.707 bits per heavy atom. The molecule has 0 saturated carbocycles. The van der Waals surface area contributed by atoms with Crippen LogP contribution in [-0.2, 0) is 40.0 Å². The summed E-state index contributed by atoms with van der Waals surface area (Å²) >= 11 is 0. The zero-order valence-electron chi connectivity index (χ0n) is 22.5. The van der Waals surface area contributed by atoms with Gasteiger partial charge in [-0.3, -0.25) is 33.6 Å². The number of carbonyl (C=O) groups is 7. The summed E-state index contributed by atoms with van der Waals surface area (Å²) in [4.78, 5) is 84.3. The van der Waals surface area contributed by atoms with Crippen LogP contribution in [0.2, 0.25) is 0 Å². The van der Waals surface area contributed by atoms with Crippen LogP contribution in [0, 0.1) is 5.92 Å². The highest BCUT2D eigenvalue weighted by Gasteiger charge is 2.32. The van der Waals surface area contributed by atoms with Crippen molar-refractivity contribution in [3.8, 4) is 5.75 Å². The van der Waals surface area contributed by atoms with Crippen LogP contribution in [0.5, 0.6) is 5.75 Å². The number of carboxylic acid groups (broad SMARTS) is 3. The molecule has 0 radical (unpaired) electrons. The SMILES string of the molecule is CC(C)C[C@H](NC(=O)[C@H](CC(=O)O)NC(=O)[C@@H](N)CC(=O)O)C(=O)N[C@@H](Cc1ccc(O)cc1)C(=O)NCC(=O)O. The molecule has 10 N–H and O–H groups in total. The summed E-state index contributed by atoms with van der Waals surface area (Å²) < 4.78 is 0. The van der Waals surface area contributed by atoms with Gasteiger partial charge in [0.15, 0.2) is 0 Å². The second kappa shape index (κ2) is 16.4. The predicted octanol–water partition coefficient (Wildman–Crippen LogP) is -2.09. The Labute approximate surface area is 234 Å². The van der Waals surface area contributed by atoms with E-state index in [1.165, 1.54) is 24.3 Å². The first-order chi connectivity index (χ1) is 19.1. The smallest absolute Gasteiger partial charge is 0.322 e. The van der Waals surface area contributed by atoms with Gasteiger partial charge in [0, 0.05) is 6.42 Å². The largest absolute Gasteiger partial charge is 0.508 e. The fourth-order valence-electron chi connectivity index (χ4n) is 3.55. The Kier molecular flexibility index (Phi) is 13.7. The van der Waals surface area contributed by atoms with Crippen molar-refractivity contribution in [2.24, 2.45) is 11.7 Å². The van der Waals surface area contributed by atoms with Crippen LogP contribution in [0.1, 0.15) is 38.7 Å². The Morgan fingerprint density at radius 3 is 1.73 bits per heavy atom. The number of amides is 4. The molecule has 1 aromatic rings. The molecule has 0 aliphatic heterocycles. The van der Waals surface area contributed by atoms with Gasteiger partial charge in [-0.25, -0.2) is 0 Å². The molecule has 4 amide bonds. The average Bonchev–Trinajstić information content (AvgIpc) is 2.86. The van der Waals surface area contributed by atoms with Gasteiger partial charge in [0.05, 0.1) is 18.9 Å². The van der Waals surface area contributed by atoms with Crippen molar-refractivity contribution in [2.75, 3.05) is 6.54 Å². The zero-order valence-corrected chi connectivity index (χ0v) is 22.5. The summed E-state index contributed by atoms with van der Waals surface area (Å²) in [6.07, 6.45) is -1.78. The van der Waals surface area contributed by atoms with E-state index in [0.717, 1.165) is 0 Å². The number of aromatic hydroxyl groups is 1.